The quantitative estimate of drug-likeness (QED) is 0.345. The molecule has 0 aliphatic rings. The average Bonchev–Trinajstić information content (AvgIpc) is 2.81. The van der Waals surface area contributed by atoms with Gasteiger partial charge >= 0.3 is 0 Å². The molecule has 0 spiro atoms. The van der Waals surface area contributed by atoms with Crippen molar-refractivity contribution in [2.24, 2.45) is 0 Å². The fourth-order valence-corrected chi connectivity index (χ4v) is 5.15. The summed E-state index contributed by atoms with van der Waals surface area (Å²) in [5.41, 5.74) is 2.23. The molecule has 198 valence electrons. The van der Waals surface area contributed by atoms with Crippen LogP contribution >= 0.6 is 23.2 Å². The van der Waals surface area contributed by atoms with Crippen molar-refractivity contribution in [2.75, 3.05) is 23.7 Å². The maximum absolute atomic E-state index is 13.4. The molecule has 36 heavy (non-hydrogen) atoms. The number of unbranched alkanes of at least 4 members (excludes halogenated alkanes) is 1. The Balaban J connectivity index is 2.19. The highest BCUT2D eigenvalue weighted by atomic mass is 35.5. The first-order valence-electron chi connectivity index (χ1n) is 12.0. The molecular formula is C26H35Cl2N3O4S. The minimum atomic E-state index is -3.67. The lowest BCUT2D eigenvalue weighted by Crippen LogP contribution is -2.48. The molecule has 0 unspecified atom stereocenters. The second kappa shape index (κ2) is 13.9. The van der Waals surface area contributed by atoms with Gasteiger partial charge < -0.3 is 10.2 Å². The number of carbonyl (C=O) groups is 2. The lowest BCUT2D eigenvalue weighted by Gasteiger charge is -2.30. The van der Waals surface area contributed by atoms with E-state index in [0.717, 1.165) is 34.5 Å². The summed E-state index contributed by atoms with van der Waals surface area (Å²) in [7, 11) is -3.67. The van der Waals surface area contributed by atoms with E-state index >= 15 is 0 Å². The molecule has 2 amide bonds. The Hall–Kier alpha value is -2.29. The zero-order valence-corrected chi connectivity index (χ0v) is 23.6. The van der Waals surface area contributed by atoms with E-state index in [-0.39, 0.29) is 48.5 Å². The number of amides is 2. The van der Waals surface area contributed by atoms with Crippen molar-refractivity contribution in [3.8, 4) is 0 Å². The van der Waals surface area contributed by atoms with Gasteiger partial charge in [0.05, 0.1) is 17.0 Å². The molecule has 2 aromatic rings. The molecular weight excluding hydrogens is 521 g/mol. The van der Waals surface area contributed by atoms with Crippen molar-refractivity contribution in [1.29, 1.82) is 0 Å². The number of sulfonamides is 1. The lowest BCUT2D eigenvalue weighted by molar-refractivity contribution is -0.140. The number of hydrogen-bond acceptors (Lipinski definition) is 4. The topological polar surface area (TPSA) is 86.8 Å². The molecule has 0 saturated carbocycles. The van der Waals surface area contributed by atoms with Crippen molar-refractivity contribution in [3.05, 3.63) is 63.6 Å². The van der Waals surface area contributed by atoms with Crippen molar-refractivity contribution >= 4 is 50.7 Å². The predicted molar refractivity (Wildman–Crippen MR) is 147 cm³/mol. The summed E-state index contributed by atoms with van der Waals surface area (Å²) in [6.45, 7) is 6.59. The highest BCUT2D eigenvalue weighted by Gasteiger charge is 2.27. The zero-order chi connectivity index (χ0) is 26.9. The Labute approximate surface area is 224 Å². The predicted octanol–water partition coefficient (Wildman–Crippen LogP) is 5.18. The van der Waals surface area contributed by atoms with Gasteiger partial charge in [0, 0.05) is 31.1 Å². The highest BCUT2D eigenvalue weighted by Crippen LogP contribution is 2.31. The fourth-order valence-electron chi connectivity index (χ4n) is 3.75. The monoisotopic (exact) mass is 555 g/mol. The molecule has 0 saturated heterocycles. The first kappa shape index (κ1) is 29.9. The van der Waals surface area contributed by atoms with E-state index in [9.17, 15) is 18.0 Å². The molecule has 1 atom stereocenters. The molecule has 0 fully saturated rings. The van der Waals surface area contributed by atoms with Gasteiger partial charge in [0.1, 0.15) is 6.04 Å². The third kappa shape index (κ3) is 8.68. The van der Waals surface area contributed by atoms with Crippen LogP contribution < -0.4 is 9.62 Å². The number of halogens is 2. The molecule has 0 bridgehead atoms. The van der Waals surface area contributed by atoms with Gasteiger partial charge in [-0.25, -0.2) is 8.42 Å². The molecule has 1 N–H and O–H groups in total. The molecule has 0 aliphatic carbocycles. The van der Waals surface area contributed by atoms with E-state index in [1.807, 2.05) is 38.1 Å². The Bertz CT molecular complexity index is 1160. The average molecular weight is 557 g/mol. The van der Waals surface area contributed by atoms with Crippen molar-refractivity contribution in [3.63, 3.8) is 0 Å². The van der Waals surface area contributed by atoms with Gasteiger partial charge in [0.15, 0.2) is 0 Å². The van der Waals surface area contributed by atoms with Crippen LogP contribution in [-0.2, 0) is 26.2 Å². The molecule has 0 aliphatic heterocycles. The van der Waals surface area contributed by atoms with E-state index in [4.69, 9.17) is 23.2 Å². The van der Waals surface area contributed by atoms with Gasteiger partial charge in [-0.2, -0.15) is 0 Å². The second-order valence-corrected chi connectivity index (χ2v) is 11.6. The maximum Gasteiger partial charge on any atom is 0.242 e. The van der Waals surface area contributed by atoms with Gasteiger partial charge in [-0.15, -0.1) is 0 Å². The van der Waals surface area contributed by atoms with Crippen LogP contribution in [0, 0.1) is 6.92 Å². The van der Waals surface area contributed by atoms with Crippen LogP contribution in [0.15, 0.2) is 42.5 Å². The van der Waals surface area contributed by atoms with E-state index in [1.54, 1.807) is 17.9 Å². The summed E-state index contributed by atoms with van der Waals surface area (Å²) in [6.07, 6.45) is 3.19. The summed E-state index contributed by atoms with van der Waals surface area (Å²) in [5, 5.41) is 3.50. The number of nitrogens with one attached hydrogen (secondary N) is 1. The van der Waals surface area contributed by atoms with Gasteiger partial charge in [0.25, 0.3) is 0 Å². The van der Waals surface area contributed by atoms with Crippen molar-refractivity contribution < 1.29 is 18.0 Å². The Morgan fingerprint density at radius 1 is 1.08 bits per heavy atom. The van der Waals surface area contributed by atoms with Crippen LogP contribution in [0.5, 0.6) is 0 Å². The summed E-state index contributed by atoms with van der Waals surface area (Å²) in [6, 6.07) is 11.6. The number of anilines is 1. The second-order valence-electron chi connectivity index (χ2n) is 8.80. The number of hydrogen-bond donors (Lipinski definition) is 1. The molecule has 0 heterocycles. The minimum absolute atomic E-state index is 0.0416. The number of benzene rings is 2. The Morgan fingerprint density at radius 3 is 2.42 bits per heavy atom. The van der Waals surface area contributed by atoms with E-state index < -0.39 is 16.1 Å². The van der Waals surface area contributed by atoms with Crippen molar-refractivity contribution in [2.45, 2.75) is 59.0 Å². The number of aryl methyl sites for hydroxylation is 1. The van der Waals surface area contributed by atoms with Crippen LogP contribution in [0.25, 0.3) is 0 Å². The van der Waals surface area contributed by atoms with E-state index in [1.165, 1.54) is 12.1 Å². The summed E-state index contributed by atoms with van der Waals surface area (Å²) < 4.78 is 26.1. The SMILES string of the molecule is CCCCNC(=O)[C@H](C)N(Cc1ccccc1C)C(=O)CCCN(c1cc(Cl)ccc1Cl)S(C)(=O)=O. The highest BCUT2D eigenvalue weighted by molar-refractivity contribution is 7.92. The van der Waals surface area contributed by atoms with Crippen LogP contribution in [-0.4, -0.2) is 50.5 Å². The molecule has 2 aromatic carbocycles. The molecule has 2 rings (SSSR count). The standard InChI is InChI=1S/C26H35Cl2N3O4S/c1-5-6-15-29-26(33)20(3)30(18-21-11-8-7-10-19(21)2)25(32)12-9-16-31(36(4,34)35)24-17-22(27)13-14-23(24)28/h7-8,10-11,13-14,17,20H,5-6,9,12,15-16,18H2,1-4H3,(H,29,33)/t20-/m0/s1. The van der Waals surface area contributed by atoms with E-state index in [2.05, 4.69) is 5.32 Å². The summed E-state index contributed by atoms with van der Waals surface area (Å²) in [5.74, 6) is -0.448. The van der Waals surface area contributed by atoms with Gasteiger partial charge in [-0.05, 0) is 56.0 Å². The molecule has 10 heteroatoms. The van der Waals surface area contributed by atoms with Crippen molar-refractivity contribution in [1.82, 2.24) is 10.2 Å². The number of carbonyl (C=O) groups excluding carboxylic acids is 2. The molecule has 0 radical (unpaired) electrons. The van der Waals surface area contributed by atoms with E-state index in [0.29, 0.717) is 11.6 Å². The zero-order valence-electron chi connectivity index (χ0n) is 21.3. The Kier molecular flexibility index (Phi) is 11.5. The first-order valence-corrected chi connectivity index (χ1v) is 14.6. The minimum Gasteiger partial charge on any atom is -0.354 e. The lowest BCUT2D eigenvalue weighted by atomic mass is 10.1. The number of rotatable bonds is 13. The Morgan fingerprint density at radius 2 is 1.78 bits per heavy atom. The first-order chi connectivity index (χ1) is 17.0. The van der Waals surface area contributed by atoms with Gasteiger partial charge in [-0.1, -0.05) is 60.8 Å². The smallest absolute Gasteiger partial charge is 0.242 e. The van der Waals surface area contributed by atoms with Crippen LogP contribution in [0.2, 0.25) is 10.0 Å². The van der Waals surface area contributed by atoms with Crippen LogP contribution in [0.1, 0.15) is 50.7 Å². The summed E-state index contributed by atoms with van der Waals surface area (Å²) >= 11 is 12.3. The normalized spacial score (nSPS) is 12.2. The van der Waals surface area contributed by atoms with Gasteiger partial charge in [-0.3, -0.25) is 13.9 Å². The largest absolute Gasteiger partial charge is 0.354 e. The van der Waals surface area contributed by atoms with Crippen LogP contribution in [0.3, 0.4) is 0 Å². The fraction of sp³-hybridized carbons (Fsp3) is 0.462. The summed E-state index contributed by atoms with van der Waals surface area (Å²) in [4.78, 5) is 27.7. The number of nitrogens with zero attached hydrogens (tertiary/aromatic N) is 2. The van der Waals surface area contributed by atoms with Gasteiger partial charge in [0.2, 0.25) is 21.8 Å². The third-order valence-corrected chi connectivity index (χ3v) is 7.66. The third-order valence-electron chi connectivity index (χ3n) is 5.93. The van der Waals surface area contributed by atoms with Crippen LogP contribution in [0.4, 0.5) is 5.69 Å². The maximum atomic E-state index is 13.4. The molecule has 0 aromatic heterocycles. The molecule has 7 nitrogen and oxygen atoms in total.